The molecule has 3 rings (SSSR count). The van der Waals surface area contributed by atoms with Gasteiger partial charge in [0.25, 0.3) is 5.91 Å². The lowest BCUT2D eigenvalue weighted by molar-refractivity contribution is -0.118. The lowest BCUT2D eigenvalue weighted by atomic mass is 10.2. The maximum Gasteiger partial charge on any atom is 0.262 e. The molecular formula is C18H14Cl2N2O2. The number of hydrogen-bond donors (Lipinski definition) is 1. The molecule has 0 aliphatic heterocycles. The summed E-state index contributed by atoms with van der Waals surface area (Å²) in [6.07, 6.45) is 0. The summed E-state index contributed by atoms with van der Waals surface area (Å²) in [7, 11) is 0. The molecule has 0 radical (unpaired) electrons. The van der Waals surface area contributed by atoms with E-state index in [9.17, 15) is 4.79 Å². The summed E-state index contributed by atoms with van der Waals surface area (Å²) < 4.78 is 5.63. The number of nitrogens with zero attached hydrogens (tertiary/aromatic N) is 1. The Kier molecular flexibility index (Phi) is 4.88. The van der Waals surface area contributed by atoms with Crippen LogP contribution in [0.15, 0.2) is 48.5 Å². The minimum atomic E-state index is -0.284. The van der Waals surface area contributed by atoms with Gasteiger partial charge in [0, 0.05) is 16.8 Å². The zero-order valence-corrected chi connectivity index (χ0v) is 14.4. The highest BCUT2D eigenvalue weighted by molar-refractivity contribution is 6.39. The van der Waals surface area contributed by atoms with Crippen LogP contribution in [0.2, 0.25) is 10.0 Å². The molecule has 0 saturated heterocycles. The van der Waals surface area contributed by atoms with Crippen LogP contribution in [0.3, 0.4) is 0 Å². The second-order valence-corrected chi connectivity index (χ2v) is 6.04. The van der Waals surface area contributed by atoms with Gasteiger partial charge in [0.2, 0.25) is 0 Å². The summed E-state index contributed by atoms with van der Waals surface area (Å²) in [5.74, 6) is 0.0657. The molecule has 3 aromatic rings. The predicted molar refractivity (Wildman–Crippen MR) is 97.1 cm³/mol. The van der Waals surface area contributed by atoms with E-state index in [4.69, 9.17) is 27.9 Å². The van der Waals surface area contributed by atoms with Gasteiger partial charge in [-0.3, -0.25) is 4.79 Å². The number of carbonyl (C=O) groups excluding carboxylic acids is 1. The Balaban J connectivity index is 1.82. The molecular weight excluding hydrogens is 347 g/mol. The minimum absolute atomic E-state index is 0.180. The highest BCUT2D eigenvalue weighted by Crippen LogP contribution is 2.37. The average Bonchev–Trinajstić information content (AvgIpc) is 2.55. The number of ether oxygens (including phenoxy) is 1. The van der Waals surface area contributed by atoms with Gasteiger partial charge in [-0.25, -0.2) is 4.98 Å². The minimum Gasteiger partial charge on any atom is -0.480 e. The number of carbonyl (C=O) groups is 1. The van der Waals surface area contributed by atoms with Crippen LogP contribution in [0, 0.1) is 6.92 Å². The molecule has 0 unspecified atom stereocenters. The number of nitrogens with one attached hydrogen (secondary N) is 1. The molecule has 6 heteroatoms. The van der Waals surface area contributed by atoms with Crippen molar-refractivity contribution in [3.63, 3.8) is 0 Å². The summed E-state index contributed by atoms with van der Waals surface area (Å²) in [6, 6.07) is 14.5. The summed E-state index contributed by atoms with van der Waals surface area (Å²) >= 11 is 12.4. The number of fused-ring (bicyclic) bond motifs is 1. The third kappa shape index (κ3) is 3.61. The van der Waals surface area contributed by atoms with E-state index in [1.165, 1.54) is 0 Å². The van der Waals surface area contributed by atoms with Crippen molar-refractivity contribution in [3.8, 4) is 5.75 Å². The fourth-order valence-electron chi connectivity index (χ4n) is 2.28. The molecule has 0 fully saturated rings. The quantitative estimate of drug-likeness (QED) is 0.722. The summed E-state index contributed by atoms with van der Waals surface area (Å²) in [5.41, 5.74) is 2.05. The van der Waals surface area contributed by atoms with E-state index >= 15 is 0 Å². The van der Waals surface area contributed by atoms with E-state index in [2.05, 4.69) is 10.3 Å². The lowest BCUT2D eigenvalue weighted by Gasteiger charge is -2.12. The average molecular weight is 361 g/mol. The van der Waals surface area contributed by atoms with E-state index in [-0.39, 0.29) is 12.5 Å². The fraction of sp³-hybridized carbons (Fsp3) is 0.111. The molecule has 0 atom stereocenters. The van der Waals surface area contributed by atoms with Crippen LogP contribution in [0.4, 0.5) is 5.69 Å². The third-order valence-corrected chi connectivity index (χ3v) is 3.98. The summed E-state index contributed by atoms with van der Waals surface area (Å²) in [4.78, 5) is 16.5. The number of aryl methyl sites for hydroxylation is 1. The number of hydrogen-bond acceptors (Lipinski definition) is 3. The third-order valence-electron chi connectivity index (χ3n) is 3.38. The normalized spacial score (nSPS) is 10.6. The number of anilines is 1. The largest absolute Gasteiger partial charge is 0.480 e. The van der Waals surface area contributed by atoms with Crippen molar-refractivity contribution in [1.29, 1.82) is 0 Å². The highest BCUT2D eigenvalue weighted by atomic mass is 35.5. The van der Waals surface area contributed by atoms with Crippen molar-refractivity contribution in [2.24, 2.45) is 0 Å². The van der Waals surface area contributed by atoms with Gasteiger partial charge < -0.3 is 10.1 Å². The number of amides is 1. The van der Waals surface area contributed by atoms with Crippen LogP contribution in [0.25, 0.3) is 10.9 Å². The van der Waals surface area contributed by atoms with Gasteiger partial charge in [-0.2, -0.15) is 0 Å². The van der Waals surface area contributed by atoms with Gasteiger partial charge in [0.15, 0.2) is 12.4 Å². The molecule has 2 aromatic carbocycles. The first-order chi connectivity index (χ1) is 11.5. The van der Waals surface area contributed by atoms with Gasteiger partial charge in [-0.1, -0.05) is 41.4 Å². The summed E-state index contributed by atoms with van der Waals surface area (Å²) in [6.45, 7) is 1.68. The van der Waals surface area contributed by atoms with Crippen molar-refractivity contribution >= 4 is 45.7 Å². The van der Waals surface area contributed by atoms with Crippen LogP contribution in [-0.4, -0.2) is 17.5 Å². The molecule has 24 heavy (non-hydrogen) atoms. The molecule has 1 N–H and O–H groups in total. The first-order valence-electron chi connectivity index (χ1n) is 7.27. The van der Waals surface area contributed by atoms with Crippen LogP contribution in [-0.2, 0) is 4.79 Å². The molecule has 0 spiro atoms. The smallest absolute Gasteiger partial charge is 0.262 e. The molecule has 0 saturated carbocycles. The number of para-hydroxylation sites is 1. The van der Waals surface area contributed by atoms with Crippen molar-refractivity contribution in [1.82, 2.24) is 4.98 Å². The molecule has 4 nitrogen and oxygen atoms in total. The Labute approximate surface area is 149 Å². The topological polar surface area (TPSA) is 51.2 Å². The number of pyridine rings is 1. The van der Waals surface area contributed by atoms with Crippen LogP contribution in [0.5, 0.6) is 5.75 Å². The first-order valence-corrected chi connectivity index (χ1v) is 8.03. The van der Waals surface area contributed by atoms with Gasteiger partial charge in [0.1, 0.15) is 5.52 Å². The number of rotatable bonds is 4. The van der Waals surface area contributed by atoms with Crippen LogP contribution >= 0.6 is 23.2 Å². The van der Waals surface area contributed by atoms with E-state index in [0.717, 1.165) is 11.1 Å². The van der Waals surface area contributed by atoms with E-state index in [1.807, 2.05) is 37.3 Å². The van der Waals surface area contributed by atoms with Crippen LogP contribution < -0.4 is 10.1 Å². The Hall–Kier alpha value is -2.30. The van der Waals surface area contributed by atoms with Crippen molar-refractivity contribution in [2.45, 2.75) is 6.92 Å². The zero-order valence-electron chi connectivity index (χ0n) is 12.8. The molecule has 122 valence electrons. The number of benzene rings is 2. The maximum absolute atomic E-state index is 12.0. The van der Waals surface area contributed by atoms with Crippen molar-refractivity contribution < 1.29 is 9.53 Å². The standard InChI is InChI=1S/C18H14Cl2N2O2/c1-11-7-8-13-14(19)9-15(20)18(17(13)21-11)24-10-16(23)22-12-5-3-2-4-6-12/h2-9H,10H2,1H3,(H,22,23). The van der Waals surface area contributed by atoms with Gasteiger partial charge in [-0.15, -0.1) is 0 Å². The molecule has 0 bridgehead atoms. The van der Waals surface area contributed by atoms with E-state index in [1.54, 1.807) is 18.2 Å². The SMILES string of the molecule is Cc1ccc2c(Cl)cc(Cl)c(OCC(=O)Nc3ccccc3)c2n1. The Morgan fingerprint density at radius 3 is 2.62 bits per heavy atom. The van der Waals surface area contributed by atoms with Gasteiger partial charge >= 0.3 is 0 Å². The second kappa shape index (κ2) is 7.07. The molecule has 1 heterocycles. The Morgan fingerprint density at radius 2 is 1.88 bits per heavy atom. The van der Waals surface area contributed by atoms with Gasteiger partial charge in [0.05, 0.1) is 10.0 Å². The first kappa shape index (κ1) is 16.6. The van der Waals surface area contributed by atoms with Gasteiger partial charge in [-0.05, 0) is 37.3 Å². The molecule has 1 amide bonds. The van der Waals surface area contributed by atoms with Crippen molar-refractivity contribution in [2.75, 3.05) is 11.9 Å². The van der Waals surface area contributed by atoms with Crippen LogP contribution in [0.1, 0.15) is 5.69 Å². The number of halogens is 2. The fourth-order valence-corrected chi connectivity index (χ4v) is 2.85. The Morgan fingerprint density at radius 1 is 1.12 bits per heavy atom. The molecule has 0 aliphatic rings. The summed E-state index contributed by atoms with van der Waals surface area (Å²) in [5, 5.41) is 4.28. The molecule has 1 aromatic heterocycles. The zero-order chi connectivity index (χ0) is 17.1. The second-order valence-electron chi connectivity index (χ2n) is 5.22. The lowest BCUT2D eigenvalue weighted by Crippen LogP contribution is -2.20. The van der Waals surface area contributed by atoms with E-state index < -0.39 is 0 Å². The maximum atomic E-state index is 12.0. The molecule has 0 aliphatic carbocycles. The van der Waals surface area contributed by atoms with Crippen molar-refractivity contribution in [3.05, 3.63) is 64.3 Å². The number of aromatic nitrogens is 1. The highest BCUT2D eigenvalue weighted by Gasteiger charge is 2.14. The van der Waals surface area contributed by atoms with E-state index in [0.29, 0.717) is 27.0 Å². The predicted octanol–water partition coefficient (Wildman–Crippen LogP) is 4.87. The Bertz CT molecular complexity index is 898. The monoisotopic (exact) mass is 360 g/mol.